The Kier molecular flexibility index (Phi) is 5.08. The SMILES string of the molecule is O=C(Nc1ccc(F)c(C(F)(F)F)c1)C1CNC(=O)N(Cc2ccco2)C1=O. The van der Waals surface area contributed by atoms with E-state index < -0.39 is 41.3 Å². The summed E-state index contributed by atoms with van der Waals surface area (Å²) in [7, 11) is 0. The van der Waals surface area contributed by atoms with Crippen LogP contribution in [0.4, 0.5) is 28.0 Å². The summed E-state index contributed by atoms with van der Waals surface area (Å²) < 4.78 is 56.8. The van der Waals surface area contributed by atoms with E-state index in [1.165, 1.54) is 12.3 Å². The second-order valence-electron chi connectivity index (χ2n) is 5.92. The predicted octanol–water partition coefficient (Wildman–Crippen LogP) is 2.74. The Hall–Kier alpha value is -3.37. The van der Waals surface area contributed by atoms with Crippen LogP contribution in [-0.2, 0) is 22.3 Å². The third-order valence-electron chi connectivity index (χ3n) is 4.02. The van der Waals surface area contributed by atoms with Gasteiger partial charge in [0.05, 0.1) is 18.4 Å². The second kappa shape index (κ2) is 7.33. The largest absolute Gasteiger partial charge is 0.467 e. The van der Waals surface area contributed by atoms with Gasteiger partial charge in [-0.1, -0.05) is 0 Å². The highest BCUT2D eigenvalue weighted by molar-refractivity contribution is 6.12. The Labute approximate surface area is 155 Å². The van der Waals surface area contributed by atoms with E-state index in [0.717, 1.165) is 11.0 Å². The summed E-state index contributed by atoms with van der Waals surface area (Å²) in [6.07, 6.45) is -3.60. The summed E-state index contributed by atoms with van der Waals surface area (Å²) in [4.78, 5) is 37.5. The van der Waals surface area contributed by atoms with E-state index in [1.807, 2.05) is 0 Å². The van der Waals surface area contributed by atoms with Gasteiger partial charge in [-0.15, -0.1) is 0 Å². The number of urea groups is 1. The van der Waals surface area contributed by atoms with Crippen LogP contribution >= 0.6 is 0 Å². The second-order valence-corrected chi connectivity index (χ2v) is 5.92. The van der Waals surface area contributed by atoms with Gasteiger partial charge < -0.3 is 15.1 Å². The Morgan fingerprint density at radius 3 is 2.68 bits per heavy atom. The first-order valence-electron chi connectivity index (χ1n) is 7.96. The van der Waals surface area contributed by atoms with Gasteiger partial charge >= 0.3 is 12.2 Å². The van der Waals surface area contributed by atoms with Crippen molar-refractivity contribution in [1.29, 1.82) is 0 Å². The Bertz CT molecular complexity index is 912. The fraction of sp³-hybridized carbons (Fsp3) is 0.235. The van der Waals surface area contributed by atoms with Crippen molar-refractivity contribution < 1.29 is 36.4 Å². The van der Waals surface area contributed by atoms with Crippen LogP contribution in [0.5, 0.6) is 0 Å². The van der Waals surface area contributed by atoms with Crippen molar-refractivity contribution in [3.63, 3.8) is 0 Å². The number of benzene rings is 1. The number of alkyl halides is 3. The Balaban J connectivity index is 1.75. The molecule has 28 heavy (non-hydrogen) atoms. The van der Waals surface area contributed by atoms with E-state index in [0.29, 0.717) is 17.9 Å². The molecule has 1 fully saturated rings. The van der Waals surface area contributed by atoms with E-state index in [-0.39, 0.29) is 18.8 Å². The van der Waals surface area contributed by atoms with Crippen molar-refractivity contribution in [3.05, 3.63) is 53.7 Å². The summed E-state index contributed by atoms with van der Waals surface area (Å²) in [6, 6.07) is 4.28. The van der Waals surface area contributed by atoms with E-state index in [9.17, 15) is 31.9 Å². The number of halogens is 4. The van der Waals surface area contributed by atoms with E-state index >= 15 is 0 Å². The average molecular weight is 399 g/mol. The molecule has 2 N–H and O–H groups in total. The molecule has 1 unspecified atom stereocenters. The van der Waals surface area contributed by atoms with Gasteiger partial charge in [-0.3, -0.25) is 14.5 Å². The van der Waals surface area contributed by atoms with E-state index in [2.05, 4.69) is 10.6 Å². The highest BCUT2D eigenvalue weighted by atomic mass is 19.4. The molecule has 0 bridgehead atoms. The number of amides is 4. The molecule has 4 amide bonds. The Morgan fingerprint density at radius 1 is 1.29 bits per heavy atom. The molecule has 11 heteroatoms. The van der Waals surface area contributed by atoms with Crippen molar-refractivity contribution in [2.24, 2.45) is 5.92 Å². The van der Waals surface area contributed by atoms with Crippen molar-refractivity contribution >= 4 is 23.5 Å². The fourth-order valence-corrected chi connectivity index (χ4v) is 2.62. The first-order valence-corrected chi connectivity index (χ1v) is 7.96. The standard InChI is InChI=1S/C17H13F4N3O4/c18-13-4-3-9(6-12(13)17(19,20)21)23-14(25)11-7-22-16(27)24(15(11)26)8-10-2-1-5-28-10/h1-6,11H,7-8H2,(H,22,27)(H,23,25). The topological polar surface area (TPSA) is 91.7 Å². The molecule has 1 aromatic carbocycles. The molecule has 2 heterocycles. The predicted molar refractivity (Wildman–Crippen MR) is 86.2 cm³/mol. The molecule has 0 aliphatic carbocycles. The summed E-state index contributed by atoms with van der Waals surface area (Å²) in [5.74, 6) is -4.33. The monoisotopic (exact) mass is 399 g/mol. The molecule has 1 aromatic heterocycles. The summed E-state index contributed by atoms with van der Waals surface area (Å²) in [5.41, 5.74) is -1.88. The third-order valence-corrected chi connectivity index (χ3v) is 4.02. The highest BCUT2D eigenvalue weighted by Gasteiger charge is 2.39. The zero-order chi connectivity index (χ0) is 20.5. The summed E-state index contributed by atoms with van der Waals surface area (Å²) in [5, 5.41) is 4.51. The normalized spacial score (nSPS) is 17.4. The van der Waals surface area contributed by atoms with Crippen molar-refractivity contribution in [3.8, 4) is 0 Å². The fourth-order valence-electron chi connectivity index (χ4n) is 2.62. The van der Waals surface area contributed by atoms with Gasteiger partial charge in [-0.25, -0.2) is 9.18 Å². The molecular weight excluding hydrogens is 386 g/mol. The van der Waals surface area contributed by atoms with Gasteiger partial charge in [0.25, 0.3) is 0 Å². The van der Waals surface area contributed by atoms with Gasteiger partial charge in [-0.2, -0.15) is 13.2 Å². The lowest BCUT2D eigenvalue weighted by Crippen LogP contribution is -2.57. The van der Waals surface area contributed by atoms with Gasteiger partial charge in [0.2, 0.25) is 11.8 Å². The third kappa shape index (κ3) is 3.97. The zero-order valence-electron chi connectivity index (χ0n) is 14.0. The van der Waals surface area contributed by atoms with Gasteiger partial charge in [0.1, 0.15) is 17.5 Å². The molecule has 0 spiro atoms. The van der Waals surface area contributed by atoms with Crippen LogP contribution in [0.3, 0.4) is 0 Å². The van der Waals surface area contributed by atoms with Crippen LogP contribution in [0.25, 0.3) is 0 Å². The number of nitrogens with one attached hydrogen (secondary N) is 2. The minimum atomic E-state index is -4.95. The smallest absolute Gasteiger partial charge is 0.419 e. The number of hydrogen-bond donors (Lipinski definition) is 2. The molecule has 3 rings (SSSR count). The minimum Gasteiger partial charge on any atom is -0.467 e. The van der Waals surface area contributed by atoms with E-state index in [1.54, 1.807) is 6.07 Å². The van der Waals surface area contributed by atoms with Crippen molar-refractivity contribution in [1.82, 2.24) is 10.2 Å². The summed E-state index contributed by atoms with van der Waals surface area (Å²) >= 11 is 0. The molecule has 0 saturated carbocycles. The number of anilines is 1. The number of carbonyl (C=O) groups is 3. The van der Waals surface area contributed by atoms with Gasteiger partial charge in [0, 0.05) is 12.2 Å². The van der Waals surface area contributed by atoms with Crippen molar-refractivity contribution in [2.45, 2.75) is 12.7 Å². The number of furan rings is 1. The molecule has 1 saturated heterocycles. The number of nitrogens with zero attached hydrogens (tertiary/aromatic N) is 1. The van der Waals surface area contributed by atoms with Crippen LogP contribution < -0.4 is 10.6 Å². The lowest BCUT2D eigenvalue weighted by molar-refractivity contribution is -0.141. The molecule has 0 radical (unpaired) electrons. The Morgan fingerprint density at radius 2 is 2.04 bits per heavy atom. The lowest BCUT2D eigenvalue weighted by Gasteiger charge is -2.30. The van der Waals surface area contributed by atoms with Crippen LogP contribution in [0.2, 0.25) is 0 Å². The maximum atomic E-state index is 13.3. The molecule has 1 aliphatic rings. The van der Waals surface area contributed by atoms with Crippen LogP contribution in [0.1, 0.15) is 11.3 Å². The molecule has 7 nitrogen and oxygen atoms in total. The molecule has 2 aromatic rings. The number of carbonyl (C=O) groups excluding carboxylic acids is 3. The summed E-state index contributed by atoms with van der Waals surface area (Å²) in [6.45, 7) is -0.540. The van der Waals surface area contributed by atoms with Crippen LogP contribution in [0, 0.1) is 11.7 Å². The highest BCUT2D eigenvalue weighted by Crippen LogP contribution is 2.33. The molecule has 1 atom stereocenters. The van der Waals surface area contributed by atoms with Gasteiger partial charge in [-0.05, 0) is 30.3 Å². The molecule has 148 valence electrons. The van der Waals surface area contributed by atoms with Gasteiger partial charge in [0.15, 0.2) is 0 Å². The number of rotatable bonds is 4. The quantitative estimate of drug-likeness (QED) is 0.611. The maximum absolute atomic E-state index is 13.3. The molecular formula is C17H13F4N3O4. The average Bonchev–Trinajstić information content (AvgIpc) is 3.12. The maximum Gasteiger partial charge on any atom is 0.419 e. The lowest BCUT2D eigenvalue weighted by atomic mass is 10.0. The van der Waals surface area contributed by atoms with Crippen molar-refractivity contribution in [2.75, 3.05) is 11.9 Å². The zero-order valence-corrected chi connectivity index (χ0v) is 14.0. The van der Waals surface area contributed by atoms with Crippen LogP contribution in [0.15, 0.2) is 41.0 Å². The van der Waals surface area contributed by atoms with Crippen LogP contribution in [-0.4, -0.2) is 29.3 Å². The minimum absolute atomic E-state index is 0.212. The first-order chi connectivity index (χ1) is 13.2. The number of hydrogen-bond acceptors (Lipinski definition) is 4. The van der Waals surface area contributed by atoms with E-state index in [4.69, 9.17) is 4.42 Å². The molecule has 1 aliphatic heterocycles. The first kappa shape index (κ1) is 19.4. The number of imide groups is 1.